The zero-order valence-electron chi connectivity index (χ0n) is 19.1. The Bertz CT molecular complexity index is 1450. The Morgan fingerprint density at radius 3 is 2.06 bits per heavy atom. The molecule has 0 unspecified atom stereocenters. The molecule has 0 aliphatic rings. The monoisotopic (exact) mass is 460 g/mol. The Kier molecular flexibility index (Phi) is 6.49. The molecular weight excluding hydrogens is 436 g/mol. The molecule has 34 heavy (non-hydrogen) atoms. The molecule has 0 amide bonds. The summed E-state index contributed by atoms with van der Waals surface area (Å²) in [7, 11) is 4.47. The molecule has 0 bridgehead atoms. The van der Waals surface area contributed by atoms with Crippen LogP contribution in [0.4, 0.5) is 0 Å². The van der Waals surface area contributed by atoms with Crippen molar-refractivity contribution in [1.29, 1.82) is 0 Å². The third kappa shape index (κ3) is 4.30. The Hall–Kier alpha value is -4.33. The average molecular weight is 460 g/mol. The van der Waals surface area contributed by atoms with E-state index in [1.54, 1.807) is 37.4 Å². The van der Waals surface area contributed by atoms with Crippen LogP contribution >= 0.6 is 0 Å². The van der Waals surface area contributed by atoms with Gasteiger partial charge in [-0.3, -0.25) is 18.7 Å². The Labute approximate surface area is 195 Å². The van der Waals surface area contributed by atoms with Crippen molar-refractivity contribution >= 4 is 16.7 Å². The van der Waals surface area contributed by atoms with Crippen molar-refractivity contribution in [3.05, 3.63) is 98.7 Å². The van der Waals surface area contributed by atoms with Gasteiger partial charge in [-0.1, -0.05) is 30.3 Å². The molecule has 1 heterocycles. The van der Waals surface area contributed by atoms with E-state index in [1.165, 1.54) is 24.9 Å². The molecule has 0 N–H and O–H groups in total. The SMILES string of the molecule is COc1ccc(C(=O)Cn2c(=O)n(Cc3ccccc3)c(=O)c3cc(OC)c(OC)cc32)cc1. The van der Waals surface area contributed by atoms with Crippen LogP contribution in [-0.2, 0) is 13.1 Å². The van der Waals surface area contributed by atoms with Crippen LogP contribution in [0.3, 0.4) is 0 Å². The van der Waals surface area contributed by atoms with E-state index in [2.05, 4.69) is 0 Å². The van der Waals surface area contributed by atoms with E-state index < -0.39 is 11.2 Å². The average Bonchev–Trinajstić information content (AvgIpc) is 2.88. The van der Waals surface area contributed by atoms with Crippen molar-refractivity contribution in [2.45, 2.75) is 13.1 Å². The molecule has 0 saturated carbocycles. The summed E-state index contributed by atoms with van der Waals surface area (Å²) >= 11 is 0. The maximum Gasteiger partial charge on any atom is 0.332 e. The Morgan fingerprint density at radius 2 is 1.44 bits per heavy atom. The van der Waals surface area contributed by atoms with Gasteiger partial charge < -0.3 is 14.2 Å². The van der Waals surface area contributed by atoms with Crippen molar-refractivity contribution in [3.63, 3.8) is 0 Å². The van der Waals surface area contributed by atoms with Crippen molar-refractivity contribution in [2.75, 3.05) is 21.3 Å². The minimum Gasteiger partial charge on any atom is -0.497 e. The quantitative estimate of drug-likeness (QED) is 0.376. The second-order valence-electron chi connectivity index (χ2n) is 7.62. The number of hydrogen-bond donors (Lipinski definition) is 0. The number of carbonyl (C=O) groups is 1. The van der Waals surface area contributed by atoms with Crippen LogP contribution in [0.15, 0.2) is 76.3 Å². The smallest absolute Gasteiger partial charge is 0.332 e. The molecule has 0 aliphatic heterocycles. The van der Waals surface area contributed by atoms with Crippen molar-refractivity contribution in [2.24, 2.45) is 0 Å². The van der Waals surface area contributed by atoms with E-state index in [9.17, 15) is 14.4 Å². The summed E-state index contributed by atoms with van der Waals surface area (Å²) < 4.78 is 18.3. The minimum atomic E-state index is -0.588. The van der Waals surface area contributed by atoms with Gasteiger partial charge in [-0.25, -0.2) is 4.79 Å². The molecule has 0 spiro atoms. The van der Waals surface area contributed by atoms with Gasteiger partial charge in [0.1, 0.15) is 5.75 Å². The normalized spacial score (nSPS) is 10.8. The van der Waals surface area contributed by atoms with Crippen LogP contribution in [0.25, 0.3) is 10.9 Å². The molecule has 4 rings (SSSR count). The number of ketones is 1. The molecule has 8 nitrogen and oxygen atoms in total. The molecule has 0 atom stereocenters. The number of aromatic nitrogens is 2. The summed E-state index contributed by atoms with van der Waals surface area (Å²) in [5.74, 6) is 1.03. The Balaban J connectivity index is 1.90. The fraction of sp³-hybridized carbons (Fsp3) is 0.192. The number of Topliss-reactive ketones (excluding diaryl/α,β-unsaturated/α-hetero) is 1. The van der Waals surface area contributed by atoms with Gasteiger partial charge in [0.25, 0.3) is 5.56 Å². The fourth-order valence-corrected chi connectivity index (χ4v) is 3.81. The van der Waals surface area contributed by atoms with Crippen LogP contribution in [0.1, 0.15) is 15.9 Å². The standard InChI is InChI=1S/C26H24N2O6/c1-32-19-11-9-18(10-12-19)22(29)16-27-21-14-24(34-3)23(33-2)13-20(21)25(30)28(26(27)31)15-17-7-5-4-6-8-17/h4-14H,15-16H2,1-3H3. The van der Waals surface area contributed by atoms with E-state index in [4.69, 9.17) is 14.2 Å². The van der Waals surface area contributed by atoms with Crippen LogP contribution in [0.2, 0.25) is 0 Å². The number of fused-ring (bicyclic) bond motifs is 1. The third-order valence-electron chi connectivity index (χ3n) is 5.63. The lowest BCUT2D eigenvalue weighted by Gasteiger charge is -2.16. The third-order valence-corrected chi connectivity index (χ3v) is 5.63. The first kappa shape index (κ1) is 22.8. The molecule has 8 heteroatoms. The number of benzene rings is 3. The highest BCUT2D eigenvalue weighted by molar-refractivity contribution is 5.97. The molecule has 1 aromatic heterocycles. The summed E-state index contributed by atoms with van der Waals surface area (Å²) in [5.41, 5.74) is 0.434. The second kappa shape index (κ2) is 9.66. The molecular formula is C26H24N2O6. The van der Waals surface area contributed by atoms with Crippen molar-refractivity contribution in [3.8, 4) is 17.2 Å². The van der Waals surface area contributed by atoms with E-state index in [0.717, 1.165) is 10.1 Å². The molecule has 3 aromatic carbocycles. The zero-order chi connectivity index (χ0) is 24.2. The highest BCUT2D eigenvalue weighted by Gasteiger charge is 2.19. The summed E-state index contributed by atoms with van der Waals surface area (Å²) in [6.07, 6.45) is 0. The second-order valence-corrected chi connectivity index (χ2v) is 7.62. The van der Waals surface area contributed by atoms with Gasteiger partial charge in [0.2, 0.25) is 0 Å². The van der Waals surface area contributed by atoms with Gasteiger partial charge in [-0.05, 0) is 35.9 Å². The lowest BCUT2D eigenvalue weighted by Crippen LogP contribution is -2.41. The first-order valence-corrected chi connectivity index (χ1v) is 10.6. The van der Waals surface area contributed by atoms with E-state index in [0.29, 0.717) is 28.3 Å². The van der Waals surface area contributed by atoms with Crippen molar-refractivity contribution < 1.29 is 19.0 Å². The number of methoxy groups -OCH3 is 3. The molecule has 0 radical (unpaired) electrons. The predicted octanol–water partition coefficient (Wildman–Crippen LogP) is 3.12. The fourth-order valence-electron chi connectivity index (χ4n) is 3.81. The molecule has 174 valence electrons. The number of nitrogens with zero attached hydrogens (tertiary/aromatic N) is 2. The van der Waals surface area contributed by atoms with E-state index >= 15 is 0 Å². The van der Waals surface area contributed by atoms with Gasteiger partial charge in [0.05, 0.1) is 45.3 Å². The lowest BCUT2D eigenvalue weighted by atomic mass is 10.1. The number of ether oxygens (including phenoxy) is 3. The summed E-state index contributed by atoms with van der Waals surface area (Å²) in [6.45, 7) is -0.189. The highest BCUT2D eigenvalue weighted by Crippen LogP contribution is 2.30. The van der Waals surface area contributed by atoms with Crippen molar-refractivity contribution in [1.82, 2.24) is 9.13 Å². The van der Waals surface area contributed by atoms with Crippen LogP contribution in [0, 0.1) is 0 Å². The number of rotatable bonds is 8. The molecule has 4 aromatic rings. The van der Waals surface area contributed by atoms with Gasteiger partial charge >= 0.3 is 5.69 Å². The Morgan fingerprint density at radius 1 is 0.794 bits per heavy atom. The zero-order valence-corrected chi connectivity index (χ0v) is 19.1. The van der Waals surface area contributed by atoms with Gasteiger partial charge in [-0.15, -0.1) is 0 Å². The van der Waals surface area contributed by atoms with Gasteiger partial charge in [0, 0.05) is 11.6 Å². The minimum absolute atomic E-state index is 0.0690. The maximum absolute atomic E-state index is 13.5. The topological polar surface area (TPSA) is 88.8 Å². The summed E-state index contributed by atoms with van der Waals surface area (Å²) in [6, 6.07) is 18.9. The summed E-state index contributed by atoms with van der Waals surface area (Å²) in [5, 5.41) is 0.246. The number of hydrogen-bond acceptors (Lipinski definition) is 6. The van der Waals surface area contributed by atoms with Gasteiger partial charge in [-0.2, -0.15) is 0 Å². The molecule has 0 aliphatic carbocycles. The van der Waals surface area contributed by atoms with E-state index in [-0.39, 0.29) is 24.3 Å². The maximum atomic E-state index is 13.5. The first-order valence-electron chi connectivity index (χ1n) is 10.6. The van der Waals surface area contributed by atoms with Crippen LogP contribution < -0.4 is 25.5 Å². The first-order chi connectivity index (χ1) is 16.5. The number of carbonyl (C=O) groups excluding carboxylic acids is 1. The van der Waals surface area contributed by atoms with E-state index in [1.807, 2.05) is 30.3 Å². The molecule has 0 fully saturated rings. The van der Waals surface area contributed by atoms with Gasteiger partial charge in [0.15, 0.2) is 17.3 Å². The largest absolute Gasteiger partial charge is 0.497 e. The van der Waals surface area contributed by atoms with Crippen LogP contribution in [-0.4, -0.2) is 36.2 Å². The summed E-state index contributed by atoms with van der Waals surface area (Å²) in [4.78, 5) is 40.0. The molecule has 0 saturated heterocycles. The van der Waals surface area contributed by atoms with Crippen LogP contribution in [0.5, 0.6) is 17.2 Å². The predicted molar refractivity (Wildman–Crippen MR) is 128 cm³/mol. The lowest BCUT2D eigenvalue weighted by molar-refractivity contribution is 0.0971. The highest BCUT2D eigenvalue weighted by atomic mass is 16.5.